The van der Waals surface area contributed by atoms with Crippen LogP contribution in [-0.2, 0) is 6.61 Å². The second-order valence-corrected chi connectivity index (χ2v) is 7.76. The summed E-state index contributed by atoms with van der Waals surface area (Å²) in [4.78, 5) is 19.3. The van der Waals surface area contributed by atoms with Crippen molar-refractivity contribution < 1.29 is 9.53 Å². The van der Waals surface area contributed by atoms with Crippen molar-refractivity contribution in [3.63, 3.8) is 0 Å². The summed E-state index contributed by atoms with van der Waals surface area (Å²) in [6.45, 7) is 10.6. The Hall–Kier alpha value is -2.86. The zero-order valence-corrected chi connectivity index (χ0v) is 18.2. The van der Waals surface area contributed by atoms with Crippen molar-refractivity contribution in [1.29, 1.82) is 0 Å². The maximum atomic E-state index is 12.6. The highest BCUT2D eigenvalue weighted by atomic mass is 32.1. The van der Waals surface area contributed by atoms with Gasteiger partial charge in [-0.1, -0.05) is 0 Å². The highest BCUT2D eigenvalue weighted by Gasteiger charge is 2.10. The summed E-state index contributed by atoms with van der Waals surface area (Å²) in [7, 11) is 0. The minimum Gasteiger partial charge on any atom is -0.486 e. The summed E-state index contributed by atoms with van der Waals surface area (Å²) in [6, 6.07) is 13.3. The number of carbonyl (C=O) groups is 1. The number of anilines is 2. The molecule has 0 saturated carbocycles. The lowest BCUT2D eigenvalue weighted by Crippen LogP contribution is -2.22. The lowest BCUT2D eigenvalue weighted by Gasteiger charge is -2.22. The zero-order chi connectivity index (χ0) is 20.8. The molecule has 0 saturated heterocycles. The van der Waals surface area contributed by atoms with Gasteiger partial charge in [-0.05, 0) is 75.7 Å². The van der Waals surface area contributed by atoms with Gasteiger partial charge < -0.3 is 15.0 Å². The Balaban J connectivity index is 1.61. The van der Waals surface area contributed by atoms with Crippen molar-refractivity contribution in [2.75, 3.05) is 23.3 Å². The van der Waals surface area contributed by atoms with Crippen LogP contribution in [0.4, 0.5) is 11.4 Å². The predicted octanol–water partition coefficient (Wildman–Crippen LogP) is 5.44. The fourth-order valence-electron chi connectivity index (χ4n) is 3.08. The van der Waals surface area contributed by atoms with Gasteiger partial charge in [0.1, 0.15) is 17.4 Å². The Morgan fingerprint density at radius 2 is 1.83 bits per heavy atom. The quantitative estimate of drug-likeness (QED) is 0.538. The minimum absolute atomic E-state index is 0.134. The van der Waals surface area contributed by atoms with Gasteiger partial charge in [0.25, 0.3) is 5.91 Å². The molecule has 5 nitrogen and oxygen atoms in total. The minimum atomic E-state index is -0.134. The van der Waals surface area contributed by atoms with Crippen LogP contribution in [0.5, 0.6) is 5.75 Å². The van der Waals surface area contributed by atoms with Gasteiger partial charge in [-0.15, -0.1) is 11.3 Å². The Morgan fingerprint density at radius 1 is 1.10 bits per heavy atom. The number of amides is 1. The molecule has 3 rings (SSSR count). The third-order valence-electron chi connectivity index (χ3n) is 4.73. The molecule has 0 aliphatic carbocycles. The van der Waals surface area contributed by atoms with Crippen molar-refractivity contribution >= 4 is 28.6 Å². The van der Waals surface area contributed by atoms with Crippen molar-refractivity contribution in [1.82, 2.24) is 4.98 Å². The van der Waals surface area contributed by atoms with Crippen molar-refractivity contribution in [2.24, 2.45) is 0 Å². The average molecular weight is 410 g/mol. The summed E-state index contributed by atoms with van der Waals surface area (Å²) in [5.74, 6) is 0.583. The third kappa shape index (κ3) is 5.35. The van der Waals surface area contributed by atoms with Gasteiger partial charge >= 0.3 is 0 Å². The zero-order valence-electron chi connectivity index (χ0n) is 17.4. The Labute approximate surface area is 176 Å². The van der Waals surface area contributed by atoms with E-state index in [4.69, 9.17) is 4.74 Å². The third-order valence-corrected chi connectivity index (χ3v) is 5.67. The number of rotatable bonds is 8. The first-order chi connectivity index (χ1) is 14.0. The maximum absolute atomic E-state index is 12.6. The van der Waals surface area contributed by atoms with Gasteiger partial charge in [-0.2, -0.15) is 0 Å². The summed E-state index contributed by atoms with van der Waals surface area (Å²) in [5, 5.41) is 5.94. The number of hydrogen-bond donors (Lipinski definition) is 1. The highest BCUT2D eigenvalue weighted by Crippen LogP contribution is 2.23. The van der Waals surface area contributed by atoms with E-state index >= 15 is 0 Å². The van der Waals surface area contributed by atoms with Crippen LogP contribution in [0.25, 0.3) is 0 Å². The Kier molecular flexibility index (Phi) is 6.88. The number of thiazole rings is 1. The monoisotopic (exact) mass is 409 g/mol. The number of aromatic nitrogens is 1. The van der Waals surface area contributed by atoms with E-state index in [-0.39, 0.29) is 5.91 Å². The number of hydrogen-bond acceptors (Lipinski definition) is 5. The molecular weight excluding hydrogens is 382 g/mol. The predicted molar refractivity (Wildman–Crippen MR) is 120 cm³/mol. The smallest absolute Gasteiger partial charge is 0.255 e. The van der Waals surface area contributed by atoms with E-state index in [1.54, 1.807) is 23.5 Å². The number of aryl methyl sites for hydroxylation is 2. The molecule has 2 aromatic carbocycles. The van der Waals surface area contributed by atoms with Crippen LogP contribution in [0, 0.1) is 13.8 Å². The number of nitrogens with one attached hydrogen (secondary N) is 1. The van der Waals surface area contributed by atoms with E-state index in [9.17, 15) is 4.79 Å². The molecule has 0 unspecified atom stereocenters. The molecule has 1 amide bonds. The van der Waals surface area contributed by atoms with E-state index in [1.807, 2.05) is 43.5 Å². The van der Waals surface area contributed by atoms with Gasteiger partial charge in [0.15, 0.2) is 0 Å². The number of ether oxygens (including phenoxy) is 1. The molecule has 152 valence electrons. The summed E-state index contributed by atoms with van der Waals surface area (Å²) < 4.78 is 5.75. The van der Waals surface area contributed by atoms with Crippen molar-refractivity contribution in [3.05, 3.63) is 69.7 Å². The van der Waals surface area contributed by atoms with Crippen LogP contribution < -0.4 is 15.0 Å². The molecule has 0 aliphatic rings. The number of benzene rings is 2. The second kappa shape index (κ2) is 9.56. The van der Waals surface area contributed by atoms with Gasteiger partial charge in [0.2, 0.25) is 0 Å². The molecule has 1 N–H and O–H groups in total. The first-order valence-corrected chi connectivity index (χ1v) is 10.7. The van der Waals surface area contributed by atoms with E-state index in [0.29, 0.717) is 17.9 Å². The Morgan fingerprint density at radius 3 is 2.41 bits per heavy atom. The summed E-state index contributed by atoms with van der Waals surface area (Å²) >= 11 is 1.58. The van der Waals surface area contributed by atoms with Crippen molar-refractivity contribution in [2.45, 2.75) is 34.3 Å². The molecule has 0 radical (unpaired) electrons. The number of nitrogens with zero attached hydrogens (tertiary/aromatic N) is 2. The van der Waals surface area contributed by atoms with Crippen LogP contribution in [0.15, 0.2) is 47.8 Å². The Bertz CT molecular complexity index is 963. The van der Waals surface area contributed by atoms with Crippen LogP contribution >= 0.6 is 11.3 Å². The van der Waals surface area contributed by atoms with Crippen LogP contribution in [0.1, 0.15) is 40.5 Å². The van der Waals surface area contributed by atoms with Gasteiger partial charge in [0, 0.05) is 41.1 Å². The maximum Gasteiger partial charge on any atom is 0.255 e. The first kappa shape index (κ1) is 20.9. The largest absolute Gasteiger partial charge is 0.486 e. The SMILES string of the molecule is CCN(CC)c1ccc(NC(=O)c2ccc(OCc3nc(C)cs3)cc2)c(C)c1. The first-order valence-electron chi connectivity index (χ1n) is 9.81. The molecule has 0 bridgehead atoms. The summed E-state index contributed by atoms with van der Waals surface area (Å²) in [5.41, 5.74) is 4.63. The molecule has 0 atom stereocenters. The van der Waals surface area contributed by atoms with Crippen LogP contribution in [-0.4, -0.2) is 24.0 Å². The fourth-order valence-corrected chi connectivity index (χ4v) is 3.77. The second-order valence-electron chi connectivity index (χ2n) is 6.82. The average Bonchev–Trinajstić information content (AvgIpc) is 3.15. The topological polar surface area (TPSA) is 54.5 Å². The number of carbonyl (C=O) groups excluding carboxylic acids is 1. The molecule has 29 heavy (non-hydrogen) atoms. The van der Waals surface area contributed by atoms with Crippen molar-refractivity contribution in [3.8, 4) is 5.75 Å². The highest BCUT2D eigenvalue weighted by molar-refractivity contribution is 7.09. The van der Waals surface area contributed by atoms with Gasteiger partial charge in [0.05, 0.1) is 0 Å². The van der Waals surface area contributed by atoms with E-state index in [2.05, 4.69) is 35.1 Å². The lowest BCUT2D eigenvalue weighted by atomic mass is 10.1. The fraction of sp³-hybridized carbons (Fsp3) is 0.304. The van der Waals surface area contributed by atoms with Crippen LogP contribution in [0.2, 0.25) is 0 Å². The lowest BCUT2D eigenvalue weighted by molar-refractivity contribution is 0.102. The van der Waals surface area contributed by atoms with Gasteiger partial charge in [-0.3, -0.25) is 4.79 Å². The summed E-state index contributed by atoms with van der Waals surface area (Å²) in [6.07, 6.45) is 0. The standard InChI is InChI=1S/C23H27N3O2S/c1-5-26(6-2)19-9-12-21(16(3)13-19)25-23(27)18-7-10-20(11-8-18)28-14-22-24-17(4)15-29-22/h7-13,15H,5-6,14H2,1-4H3,(H,25,27). The van der Waals surface area contributed by atoms with Gasteiger partial charge in [-0.25, -0.2) is 4.98 Å². The molecule has 3 aromatic rings. The van der Waals surface area contributed by atoms with E-state index < -0.39 is 0 Å². The molecule has 6 heteroatoms. The molecule has 0 fully saturated rings. The normalized spacial score (nSPS) is 10.6. The molecule has 1 heterocycles. The molecular formula is C23H27N3O2S. The van der Waals surface area contributed by atoms with Crippen LogP contribution in [0.3, 0.4) is 0 Å². The molecule has 0 spiro atoms. The molecule has 0 aliphatic heterocycles. The van der Waals surface area contributed by atoms with E-state index in [0.717, 1.165) is 35.0 Å². The van der Waals surface area contributed by atoms with E-state index in [1.165, 1.54) is 5.69 Å². The molecule has 1 aromatic heterocycles.